The number of hydrogen-bond donors (Lipinski definition) is 0. The number of imidazole rings is 1. The normalized spacial score (nSPS) is 19.7. The molecule has 0 bridgehead atoms. The van der Waals surface area contributed by atoms with Gasteiger partial charge in [0.25, 0.3) is 0 Å². The van der Waals surface area contributed by atoms with E-state index in [9.17, 15) is 0 Å². The fourth-order valence-electron chi connectivity index (χ4n) is 2.60. The summed E-state index contributed by atoms with van der Waals surface area (Å²) in [5.74, 6) is 1.14. The van der Waals surface area contributed by atoms with Gasteiger partial charge in [-0.2, -0.15) is 0 Å². The van der Waals surface area contributed by atoms with E-state index in [-0.39, 0.29) is 0 Å². The molecule has 0 amide bonds. The van der Waals surface area contributed by atoms with E-state index in [2.05, 4.69) is 21.5 Å². The first kappa shape index (κ1) is 11.7. The quantitative estimate of drug-likeness (QED) is 0.831. The van der Waals surface area contributed by atoms with Gasteiger partial charge < -0.3 is 9.30 Å². The highest BCUT2D eigenvalue weighted by Gasteiger charge is 2.19. The second kappa shape index (κ2) is 5.06. The lowest BCUT2D eigenvalue weighted by Gasteiger charge is -2.13. The molecule has 0 saturated carbocycles. The van der Waals surface area contributed by atoms with E-state index < -0.39 is 0 Å². The van der Waals surface area contributed by atoms with Gasteiger partial charge >= 0.3 is 0 Å². The molecule has 1 unspecified atom stereocenters. The van der Waals surface area contributed by atoms with E-state index in [0.717, 1.165) is 49.4 Å². The summed E-state index contributed by atoms with van der Waals surface area (Å²) in [5, 5.41) is 0. The smallest absolute Gasteiger partial charge is 0.160 e. The number of nitrogens with zero attached hydrogens (tertiary/aromatic N) is 3. The van der Waals surface area contributed by atoms with Crippen molar-refractivity contribution in [3.05, 3.63) is 24.2 Å². The lowest BCUT2D eigenvalue weighted by Crippen LogP contribution is -2.17. The van der Waals surface area contributed by atoms with Crippen molar-refractivity contribution in [2.75, 3.05) is 6.61 Å². The molecule has 3 rings (SSSR count). The van der Waals surface area contributed by atoms with Gasteiger partial charge in [0.05, 0.1) is 12.6 Å². The number of fused-ring (bicyclic) bond motifs is 1. The minimum atomic E-state index is 0.333. The topological polar surface area (TPSA) is 39.9 Å². The van der Waals surface area contributed by atoms with Crippen LogP contribution in [0.25, 0.3) is 11.2 Å². The molecule has 4 nitrogen and oxygen atoms in total. The zero-order valence-electron chi connectivity index (χ0n) is 10.8. The van der Waals surface area contributed by atoms with Crippen LogP contribution in [-0.4, -0.2) is 27.2 Å². The number of rotatable bonds is 4. The Labute approximate surface area is 107 Å². The van der Waals surface area contributed by atoms with E-state index in [1.54, 1.807) is 0 Å². The summed E-state index contributed by atoms with van der Waals surface area (Å²) >= 11 is 0. The molecule has 0 aliphatic carbocycles. The Morgan fingerprint density at radius 3 is 3.22 bits per heavy atom. The average Bonchev–Trinajstić information content (AvgIpc) is 3.00. The van der Waals surface area contributed by atoms with Crippen LogP contribution in [-0.2, 0) is 17.7 Å². The second-order valence-corrected chi connectivity index (χ2v) is 4.87. The van der Waals surface area contributed by atoms with E-state index in [4.69, 9.17) is 4.74 Å². The van der Waals surface area contributed by atoms with Gasteiger partial charge in [0, 0.05) is 19.2 Å². The third kappa shape index (κ3) is 2.12. The van der Waals surface area contributed by atoms with Crippen LogP contribution in [0.2, 0.25) is 0 Å². The first-order chi connectivity index (χ1) is 8.88. The lowest BCUT2D eigenvalue weighted by atomic mass is 10.2. The summed E-state index contributed by atoms with van der Waals surface area (Å²) in [5.41, 5.74) is 2.00. The molecule has 0 N–H and O–H groups in total. The van der Waals surface area contributed by atoms with Gasteiger partial charge in [-0.05, 0) is 31.4 Å². The van der Waals surface area contributed by atoms with Crippen molar-refractivity contribution in [1.82, 2.24) is 14.5 Å². The van der Waals surface area contributed by atoms with E-state index in [0.29, 0.717) is 6.10 Å². The fraction of sp³-hybridized carbons (Fsp3) is 0.571. The van der Waals surface area contributed by atoms with E-state index in [1.165, 1.54) is 6.42 Å². The molecule has 1 saturated heterocycles. The number of aryl methyl sites for hydroxylation is 1. The molecule has 0 spiro atoms. The molecule has 1 fully saturated rings. The first-order valence-electron chi connectivity index (χ1n) is 6.80. The van der Waals surface area contributed by atoms with Crippen molar-refractivity contribution in [1.29, 1.82) is 0 Å². The van der Waals surface area contributed by atoms with Crippen molar-refractivity contribution in [3.63, 3.8) is 0 Å². The van der Waals surface area contributed by atoms with Gasteiger partial charge in [0.2, 0.25) is 0 Å². The van der Waals surface area contributed by atoms with Gasteiger partial charge in [-0.3, -0.25) is 0 Å². The Balaban J connectivity index is 1.97. The number of ether oxygens (including phenoxy) is 1. The van der Waals surface area contributed by atoms with Crippen LogP contribution >= 0.6 is 0 Å². The maximum Gasteiger partial charge on any atom is 0.160 e. The molecule has 4 heteroatoms. The molecule has 18 heavy (non-hydrogen) atoms. The minimum Gasteiger partial charge on any atom is -0.376 e. The van der Waals surface area contributed by atoms with Gasteiger partial charge in [-0.15, -0.1) is 0 Å². The number of pyridine rings is 1. The van der Waals surface area contributed by atoms with Crippen LogP contribution in [0.15, 0.2) is 18.3 Å². The van der Waals surface area contributed by atoms with Crippen molar-refractivity contribution in [3.8, 4) is 0 Å². The highest BCUT2D eigenvalue weighted by molar-refractivity contribution is 5.71. The Kier molecular flexibility index (Phi) is 3.28. The van der Waals surface area contributed by atoms with Crippen molar-refractivity contribution < 1.29 is 4.74 Å². The SMILES string of the molecule is CCCc1nc2cccnc2n1CC1CCCO1. The molecule has 1 atom stereocenters. The third-order valence-corrected chi connectivity index (χ3v) is 3.47. The van der Waals surface area contributed by atoms with Crippen LogP contribution in [0.5, 0.6) is 0 Å². The predicted octanol–water partition coefficient (Wildman–Crippen LogP) is 2.56. The first-order valence-corrected chi connectivity index (χ1v) is 6.80. The zero-order valence-corrected chi connectivity index (χ0v) is 10.8. The number of hydrogen-bond acceptors (Lipinski definition) is 3. The van der Waals surface area contributed by atoms with Crippen LogP contribution < -0.4 is 0 Å². The molecule has 2 aromatic rings. The third-order valence-electron chi connectivity index (χ3n) is 3.47. The molecular formula is C14H19N3O. The zero-order chi connectivity index (χ0) is 12.4. The molecule has 3 heterocycles. The number of aromatic nitrogens is 3. The van der Waals surface area contributed by atoms with Crippen molar-refractivity contribution in [2.45, 2.75) is 45.3 Å². The van der Waals surface area contributed by atoms with E-state index in [1.807, 2.05) is 18.3 Å². The summed E-state index contributed by atoms with van der Waals surface area (Å²) in [6.45, 7) is 3.97. The lowest BCUT2D eigenvalue weighted by molar-refractivity contribution is 0.0971. The highest BCUT2D eigenvalue weighted by Crippen LogP contribution is 2.20. The van der Waals surface area contributed by atoms with Gasteiger partial charge in [-0.25, -0.2) is 9.97 Å². The maximum atomic E-state index is 5.73. The minimum absolute atomic E-state index is 0.333. The summed E-state index contributed by atoms with van der Waals surface area (Å²) in [4.78, 5) is 9.16. The average molecular weight is 245 g/mol. The predicted molar refractivity (Wildman–Crippen MR) is 70.5 cm³/mol. The monoisotopic (exact) mass is 245 g/mol. The molecule has 2 aromatic heterocycles. The molecule has 96 valence electrons. The Morgan fingerprint density at radius 2 is 2.44 bits per heavy atom. The summed E-state index contributed by atoms with van der Waals surface area (Å²) in [7, 11) is 0. The second-order valence-electron chi connectivity index (χ2n) is 4.87. The Morgan fingerprint density at radius 1 is 1.50 bits per heavy atom. The highest BCUT2D eigenvalue weighted by atomic mass is 16.5. The van der Waals surface area contributed by atoms with Crippen molar-refractivity contribution in [2.24, 2.45) is 0 Å². The Bertz CT molecular complexity index is 529. The molecule has 1 aliphatic heterocycles. The van der Waals surface area contributed by atoms with Crippen LogP contribution in [0.1, 0.15) is 32.0 Å². The van der Waals surface area contributed by atoms with E-state index >= 15 is 0 Å². The van der Waals surface area contributed by atoms with Gasteiger partial charge in [0.15, 0.2) is 5.65 Å². The van der Waals surface area contributed by atoms with Crippen molar-refractivity contribution >= 4 is 11.2 Å². The van der Waals surface area contributed by atoms with Crippen LogP contribution in [0, 0.1) is 0 Å². The summed E-state index contributed by atoms with van der Waals surface area (Å²) in [6.07, 6.45) is 6.61. The largest absolute Gasteiger partial charge is 0.376 e. The molecule has 0 radical (unpaired) electrons. The van der Waals surface area contributed by atoms with Gasteiger partial charge in [0.1, 0.15) is 11.3 Å². The Hall–Kier alpha value is -1.42. The summed E-state index contributed by atoms with van der Waals surface area (Å²) < 4.78 is 7.98. The maximum absolute atomic E-state index is 5.73. The van der Waals surface area contributed by atoms with Crippen LogP contribution in [0.4, 0.5) is 0 Å². The van der Waals surface area contributed by atoms with Crippen LogP contribution in [0.3, 0.4) is 0 Å². The molecule has 0 aromatic carbocycles. The van der Waals surface area contributed by atoms with Gasteiger partial charge in [-0.1, -0.05) is 6.92 Å². The standard InChI is InChI=1S/C14H19N3O/c1-2-5-13-16-12-7-3-8-15-14(12)17(13)10-11-6-4-9-18-11/h3,7-8,11H,2,4-6,9-10H2,1H3. The summed E-state index contributed by atoms with van der Waals surface area (Å²) in [6, 6.07) is 3.98. The molecular weight excluding hydrogens is 226 g/mol. The molecule has 1 aliphatic rings. The fourth-order valence-corrected chi connectivity index (χ4v) is 2.60.